The lowest BCUT2D eigenvalue weighted by Crippen LogP contribution is -2.42. The number of furan rings is 1. The number of likely N-dealkylation sites (tertiary alicyclic amines) is 1. The van der Waals surface area contributed by atoms with Crippen LogP contribution in [0.15, 0.2) is 77.3 Å². The van der Waals surface area contributed by atoms with Crippen LogP contribution in [-0.2, 0) is 9.59 Å². The average molecular weight is 585 g/mol. The normalized spacial score (nSPS) is 18.8. The minimum absolute atomic E-state index is 0.0713. The molecule has 3 aromatic rings. The lowest BCUT2D eigenvalue weighted by molar-refractivity contribution is -0.134. The summed E-state index contributed by atoms with van der Waals surface area (Å²) in [4.78, 5) is 28.7. The standard InChI is InChI=1S/C35H44N4O4/c1-3-4-19-38(21-18-26-9-6-5-7-10-26)24-34(41)36-29-14-12-27(13-15-29)33-23-28-22-30(16-17-32(28)43-33)37-35(42)31-11-8-20-39(31)25(2)40/h5-7,9,12-17,22-23,26,31,34,36,41H,3-4,8,10-11,18-21,24H2,1-2H3,(H,37,42). The first-order valence-corrected chi connectivity index (χ1v) is 15.6. The molecule has 228 valence electrons. The highest BCUT2D eigenvalue weighted by atomic mass is 16.3. The quantitative estimate of drug-likeness (QED) is 0.201. The molecule has 8 heteroatoms. The predicted molar refractivity (Wildman–Crippen MR) is 173 cm³/mol. The molecule has 3 unspecified atom stereocenters. The second-order valence-electron chi connectivity index (χ2n) is 11.7. The molecular formula is C35H44N4O4. The molecule has 1 aliphatic carbocycles. The van der Waals surface area contributed by atoms with Crippen LogP contribution in [0, 0.1) is 5.92 Å². The molecule has 0 spiro atoms. The highest BCUT2D eigenvalue weighted by Gasteiger charge is 2.32. The van der Waals surface area contributed by atoms with Crippen molar-refractivity contribution < 1.29 is 19.1 Å². The molecule has 8 nitrogen and oxygen atoms in total. The van der Waals surface area contributed by atoms with E-state index in [1.165, 1.54) is 6.92 Å². The van der Waals surface area contributed by atoms with E-state index >= 15 is 0 Å². The maximum absolute atomic E-state index is 12.8. The van der Waals surface area contributed by atoms with E-state index < -0.39 is 12.3 Å². The van der Waals surface area contributed by atoms with Gasteiger partial charge in [0.15, 0.2) is 0 Å². The van der Waals surface area contributed by atoms with E-state index in [9.17, 15) is 14.7 Å². The van der Waals surface area contributed by atoms with Gasteiger partial charge in [-0.25, -0.2) is 0 Å². The minimum atomic E-state index is -0.670. The number of aliphatic hydroxyl groups is 1. The van der Waals surface area contributed by atoms with Crippen LogP contribution in [0.4, 0.5) is 11.4 Å². The first-order chi connectivity index (χ1) is 20.9. The number of nitrogens with zero attached hydrogens (tertiary/aromatic N) is 2. The fourth-order valence-corrected chi connectivity index (χ4v) is 5.99. The number of amides is 2. The Labute approximate surface area is 254 Å². The van der Waals surface area contributed by atoms with Crippen LogP contribution >= 0.6 is 0 Å². The van der Waals surface area contributed by atoms with E-state index in [0.29, 0.717) is 31.1 Å². The number of benzene rings is 2. The Bertz CT molecular complexity index is 1440. The van der Waals surface area contributed by atoms with Crippen LogP contribution in [0.3, 0.4) is 0 Å². The van der Waals surface area contributed by atoms with Crippen LogP contribution in [0.2, 0.25) is 0 Å². The Morgan fingerprint density at radius 3 is 2.65 bits per heavy atom. The number of carbonyl (C=O) groups is 2. The van der Waals surface area contributed by atoms with Gasteiger partial charge in [-0.2, -0.15) is 0 Å². The van der Waals surface area contributed by atoms with Gasteiger partial charge in [-0.05, 0) is 99.6 Å². The number of hydrogen-bond donors (Lipinski definition) is 3. The molecule has 3 N–H and O–H groups in total. The molecule has 0 saturated carbocycles. The maximum Gasteiger partial charge on any atom is 0.247 e. The van der Waals surface area contributed by atoms with Crippen molar-refractivity contribution in [3.05, 3.63) is 72.8 Å². The molecule has 2 amide bonds. The van der Waals surface area contributed by atoms with Crippen molar-refractivity contribution in [2.24, 2.45) is 5.92 Å². The zero-order valence-electron chi connectivity index (χ0n) is 25.3. The van der Waals surface area contributed by atoms with Crippen molar-refractivity contribution in [3.63, 3.8) is 0 Å². The Balaban J connectivity index is 1.17. The molecule has 1 aromatic heterocycles. The Kier molecular flexibility index (Phi) is 10.3. The van der Waals surface area contributed by atoms with Crippen LogP contribution in [0.25, 0.3) is 22.3 Å². The van der Waals surface area contributed by atoms with Gasteiger partial charge in [0.25, 0.3) is 0 Å². The van der Waals surface area contributed by atoms with Gasteiger partial charge in [-0.15, -0.1) is 0 Å². The van der Waals surface area contributed by atoms with Crippen LogP contribution < -0.4 is 10.6 Å². The van der Waals surface area contributed by atoms with Crippen molar-refractivity contribution in [1.29, 1.82) is 0 Å². The van der Waals surface area contributed by atoms with E-state index in [0.717, 1.165) is 73.2 Å². The van der Waals surface area contributed by atoms with E-state index in [2.05, 4.69) is 46.8 Å². The molecule has 1 saturated heterocycles. The largest absolute Gasteiger partial charge is 0.456 e. The first-order valence-electron chi connectivity index (χ1n) is 15.6. The summed E-state index contributed by atoms with van der Waals surface area (Å²) in [6.45, 7) is 6.85. The molecule has 3 atom stereocenters. The molecule has 1 fully saturated rings. The molecule has 0 bridgehead atoms. The Morgan fingerprint density at radius 2 is 1.91 bits per heavy atom. The lowest BCUT2D eigenvalue weighted by Gasteiger charge is -2.27. The predicted octanol–water partition coefficient (Wildman–Crippen LogP) is 6.40. The number of unbranched alkanes of at least 4 members (excludes halogenated alkanes) is 1. The summed E-state index contributed by atoms with van der Waals surface area (Å²) in [6, 6.07) is 15.0. The summed E-state index contributed by atoms with van der Waals surface area (Å²) < 4.78 is 6.10. The molecule has 1 aliphatic heterocycles. The van der Waals surface area contributed by atoms with E-state index in [4.69, 9.17) is 4.42 Å². The van der Waals surface area contributed by atoms with Crippen molar-refractivity contribution in [3.8, 4) is 11.3 Å². The van der Waals surface area contributed by atoms with Gasteiger partial charge in [-0.3, -0.25) is 14.5 Å². The highest BCUT2D eigenvalue weighted by molar-refractivity contribution is 5.99. The van der Waals surface area contributed by atoms with Gasteiger partial charge in [0.05, 0.1) is 0 Å². The molecule has 43 heavy (non-hydrogen) atoms. The third-order valence-corrected chi connectivity index (χ3v) is 8.39. The van der Waals surface area contributed by atoms with Gasteiger partial charge >= 0.3 is 0 Å². The average Bonchev–Trinajstić information content (AvgIpc) is 3.67. The molecule has 0 radical (unpaired) electrons. The van der Waals surface area contributed by atoms with Crippen molar-refractivity contribution in [1.82, 2.24) is 9.80 Å². The number of anilines is 2. The molecular weight excluding hydrogens is 540 g/mol. The van der Waals surface area contributed by atoms with Crippen molar-refractivity contribution in [2.75, 3.05) is 36.8 Å². The number of allylic oxidation sites excluding steroid dienone is 4. The second-order valence-corrected chi connectivity index (χ2v) is 11.7. The number of fused-ring (bicyclic) bond motifs is 1. The molecule has 2 heterocycles. The number of carbonyl (C=O) groups excluding carboxylic acids is 2. The summed E-state index contributed by atoms with van der Waals surface area (Å²) in [5, 5.41) is 17.9. The van der Waals surface area contributed by atoms with E-state index in [1.54, 1.807) is 4.90 Å². The second kappa shape index (κ2) is 14.5. The van der Waals surface area contributed by atoms with Gasteiger partial charge in [0.2, 0.25) is 11.8 Å². The van der Waals surface area contributed by atoms with E-state index in [1.807, 2.05) is 48.5 Å². The monoisotopic (exact) mass is 584 g/mol. The van der Waals surface area contributed by atoms with Crippen LogP contribution in [0.1, 0.15) is 52.4 Å². The van der Waals surface area contributed by atoms with Crippen LogP contribution in [-0.4, -0.2) is 65.2 Å². The smallest absolute Gasteiger partial charge is 0.247 e. The zero-order valence-corrected chi connectivity index (χ0v) is 25.3. The molecule has 2 aliphatic rings. The Morgan fingerprint density at radius 1 is 1.09 bits per heavy atom. The number of rotatable bonds is 13. The first kappa shape index (κ1) is 30.6. The lowest BCUT2D eigenvalue weighted by atomic mass is 9.97. The number of aliphatic hydroxyl groups excluding tert-OH is 1. The minimum Gasteiger partial charge on any atom is -0.456 e. The van der Waals surface area contributed by atoms with Crippen molar-refractivity contribution >= 4 is 34.2 Å². The van der Waals surface area contributed by atoms with Gasteiger partial charge in [0, 0.05) is 42.3 Å². The van der Waals surface area contributed by atoms with Gasteiger partial charge < -0.3 is 25.1 Å². The topological polar surface area (TPSA) is 98.0 Å². The summed E-state index contributed by atoms with van der Waals surface area (Å²) in [5.74, 6) is 1.07. The van der Waals surface area contributed by atoms with E-state index in [-0.39, 0.29) is 11.8 Å². The third-order valence-electron chi connectivity index (χ3n) is 8.39. The maximum atomic E-state index is 12.8. The van der Waals surface area contributed by atoms with Gasteiger partial charge in [0.1, 0.15) is 23.6 Å². The SMILES string of the molecule is CCCCN(CCC1C=CC=CC1)CC(O)Nc1ccc(-c2cc3cc(NC(=O)C4CCCN4C(C)=O)ccc3o2)cc1. The summed E-state index contributed by atoms with van der Waals surface area (Å²) in [6.07, 6.45) is 14.0. The molecule has 2 aromatic carbocycles. The van der Waals surface area contributed by atoms with Crippen LogP contribution in [0.5, 0.6) is 0 Å². The third kappa shape index (κ3) is 8.15. The van der Waals surface area contributed by atoms with Crippen molar-refractivity contribution in [2.45, 2.75) is 64.6 Å². The highest BCUT2D eigenvalue weighted by Crippen LogP contribution is 2.31. The zero-order chi connectivity index (χ0) is 30.2. The summed E-state index contributed by atoms with van der Waals surface area (Å²) in [7, 11) is 0. The summed E-state index contributed by atoms with van der Waals surface area (Å²) >= 11 is 0. The Hall–Kier alpha value is -3.88. The fourth-order valence-electron chi connectivity index (χ4n) is 5.99. The summed E-state index contributed by atoms with van der Waals surface area (Å²) in [5.41, 5.74) is 3.17. The number of nitrogens with one attached hydrogen (secondary N) is 2. The fraction of sp³-hybridized carbons (Fsp3) is 0.429. The number of hydrogen-bond acceptors (Lipinski definition) is 6. The molecule has 5 rings (SSSR count). The van der Waals surface area contributed by atoms with Gasteiger partial charge in [-0.1, -0.05) is 37.6 Å².